The van der Waals surface area contributed by atoms with Gasteiger partial charge in [0.2, 0.25) is 5.91 Å². The minimum atomic E-state index is -1.41. The van der Waals surface area contributed by atoms with Crippen molar-refractivity contribution < 1.29 is 24.2 Å². The van der Waals surface area contributed by atoms with Gasteiger partial charge in [-0.15, -0.1) is 0 Å². The molecule has 1 aliphatic carbocycles. The van der Waals surface area contributed by atoms with Gasteiger partial charge < -0.3 is 19.6 Å². The fraction of sp³-hybridized carbons (Fsp3) is 0.591. The number of amides is 2. The molecule has 2 saturated heterocycles. The highest BCUT2D eigenvalue weighted by molar-refractivity contribution is 5.93. The zero-order valence-electron chi connectivity index (χ0n) is 16.8. The number of likely N-dealkylation sites (tertiary alicyclic amines) is 2. The number of esters is 1. The van der Waals surface area contributed by atoms with E-state index in [0.29, 0.717) is 32.5 Å². The molecule has 2 amide bonds. The summed E-state index contributed by atoms with van der Waals surface area (Å²) in [5.74, 6) is -1.59. The van der Waals surface area contributed by atoms with Gasteiger partial charge in [0.15, 0.2) is 0 Å². The number of rotatable bonds is 5. The van der Waals surface area contributed by atoms with Crippen molar-refractivity contribution in [1.82, 2.24) is 9.80 Å². The van der Waals surface area contributed by atoms with Crippen molar-refractivity contribution >= 4 is 17.8 Å². The number of carbonyl (C=O) groups excluding carboxylic acids is 3. The summed E-state index contributed by atoms with van der Waals surface area (Å²) in [6.07, 6.45) is 1.41. The van der Waals surface area contributed by atoms with Crippen LogP contribution >= 0.6 is 0 Å². The van der Waals surface area contributed by atoms with Gasteiger partial charge in [-0.3, -0.25) is 14.4 Å². The molecule has 4 rings (SSSR count). The summed E-state index contributed by atoms with van der Waals surface area (Å²) < 4.78 is 5.23. The highest BCUT2D eigenvalue weighted by atomic mass is 16.5. The number of benzene rings is 1. The van der Waals surface area contributed by atoms with Crippen molar-refractivity contribution in [2.75, 3.05) is 19.7 Å². The van der Waals surface area contributed by atoms with Gasteiger partial charge in [-0.1, -0.05) is 30.3 Å². The van der Waals surface area contributed by atoms with Crippen LogP contribution in [-0.2, 0) is 25.7 Å². The number of aliphatic hydroxyl groups is 1. The van der Waals surface area contributed by atoms with Crippen LogP contribution in [0.5, 0.6) is 0 Å². The Morgan fingerprint density at radius 2 is 1.83 bits per heavy atom. The number of nitrogens with zero attached hydrogens (tertiary/aromatic N) is 2. The molecular formula is C22H28N2O5. The van der Waals surface area contributed by atoms with Gasteiger partial charge in [-0.25, -0.2) is 0 Å². The monoisotopic (exact) mass is 400 g/mol. The van der Waals surface area contributed by atoms with Crippen molar-refractivity contribution in [3.05, 3.63) is 35.9 Å². The summed E-state index contributed by atoms with van der Waals surface area (Å²) in [6, 6.07) is 9.56. The first-order valence-corrected chi connectivity index (χ1v) is 10.5. The van der Waals surface area contributed by atoms with E-state index >= 15 is 0 Å². The van der Waals surface area contributed by atoms with E-state index in [1.165, 1.54) is 0 Å². The van der Waals surface area contributed by atoms with E-state index in [1.807, 2.05) is 35.2 Å². The van der Waals surface area contributed by atoms with Crippen LogP contribution < -0.4 is 0 Å². The molecule has 0 radical (unpaired) electrons. The number of carbonyl (C=O) groups is 3. The second-order valence-electron chi connectivity index (χ2n) is 8.29. The Balaban J connectivity index is 1.63. The number of hydrogen-bond donors (Lipinski definition) is 1. The normalized spacial score (nSPS) is 26.1. The number of ether oxygens (including phenoxy) is 1. The van der Waals surface area contributed by atoms with Crippen LogP contribution in [0.3, 0.4) is 0 Å². The van der Waals surface area contributed by atoms with Crippen molar-refractivity contribution in [2.45, 2.75) is 50.8 Å². The summed E-state index contributed by atoms with van der Waals surface area (Å²) in [4.78, 5) is 41.8. The smallest absolute Gasteiger partial charge is 0.314 e. The molecule has 1 spiro atoms. The van der Waals surface area contributed by atoms with Crippen LogP contribution in [0.15, 0.2) is 30.3 Å². The van der Waals surface area contributed by atoms with Gasteiger partial charge >= 0.3 is 5.97 Å². The minimum absolute atomic E-state index is 0.140. The van der Waals surface area contributed by atoms with Gasteiger partial charge in [0, 0.05) is 25.6 Å². The standard InChI is InChI=1S/C22H28N2O5/c1-2-29-21(28)17-18(25)20(27)24(14-15-6-4-3-5-7-15)22(17)10-12-23(13-11-22)19(26)16-8-9-16/h3-7,16-18,25H,2,8-14H2,1H3/t17-,18+/m0/s1. The third-order valence-electron chi connectivity index (χ3n) is 6.54. The summed E-state index contributed by atoms with van der Waals surface area (Å²) >= 11 is 0. The van der Waals surface area contributed by atoms with Crippen molar-refractivity contribution in [1.29, 1.82) is 0 Å². The molecule has 1 saturated carbocycles. The first kappa shape index (κ1) is 19.9. The van der Waals surface area contributed by atoms with Gasteiger partial charge in [-0.05, 0) is 38.2 Å². The lowest BCUT2D eigenvalue weighted by Crippen LogP contribution is -2.58. The van der Waals surface area contributed by atoms with Gasteiger partial charge in [0.25, 0.3) is 5.91 Å². The molecule has 2 atom stereocenters. The Kier molecular flexibility index (Phi) is 5.34. The molecule has 0 unspecified atom stereocenters. The van der Waals surface area contributed by atoms with Crippen LogP contribution in [0.1, 0.15) is 38.2 Å². The van der Waals surface area contributed by atoms with Crippen molar-refractivity contribution in [3.8, 4) is 0 Å². The summed E-state index contributed by atoms with van der Waals surface area (Å²) in [7, 11) is 0. The quantitative estimate of drug-likeness (QED) is 0.754. The van der Waals surface area contributed by atoms with Crippen LogP contribution in [0.25, 0.3) is 0 Å². The minimum Gasteiger partial charge on any atom is -0.466 e. The van der Waals surface area contributed by atoms with Crippen LogP contribution in [0.4, 0.5) is 0 Å². The third kappa shape index (κ3) is 3.52. The molecule has 0 aromatic heterocycles. The van der Waals surface area contributed by atoms with Crippen LogP contribution in [0, 0.1) is 11.8 Å². The molecule has 29 heavy (non-hydrogen) atoms. The average Bonchev–Trinajstić information content (AvgIpc) is 3.55. The number of piperidine rings is 1. The van der Waals surface area contributed by atoms with E-state index in [2.05, 4.69) is 0 Å². The van der Waals surface area contributed by atoms with Crippen molar-refractivity contribution in [3.63, 3.8) is 0 Å². The molecule has 0 bridgehead atoms. The predicted molar refractivity (Wildman–Crippen MR) is 104 cm³/mol. The zero-order valence-corrected chi connectivity index (χ0v) is 16.8. The average molecular weight is 400 g/mol. The topological polar surface area (TPSA) is 87.2 Å². The van der Waals surface area contributed by atoms with E-state index in [9.17, 15) is 19.5 Å². The Bertz CT molecular complexity index is 784. The molecule has 2 aliphatic heterocycles. The Labute approximate surface area is 170 Å². The summed E-state index contributed by atoms with van der Waals surface area (Å²) in [5, 5.41) is 10.7. The first-order chi connectivity index (χ1) is 14.0. The highest BCUT2D eigenvalue weighted by Crippen LogP contribution is 2.46. The Morgan fingerprint density at radius 1 is 1.17 bits per heavy atom. The van der Waals surface area contributed by atoms with Crippen molar-refractivity contribution in [2.24, 2.45) is 11.8 Å². The molecule has 2 heterocycles. The fourth-order valence-corrected chi connectivity index (χ4v) is 4.85. The van der Waals surface area contributed by atoms with E-state index < -0.39 is 29.4 Å². The molecule has 7 heteroatoms. The van der Waals surface area contributed by atoms with Gasteiger partial charge in [0.05, 0.1) is 12.1 Å². The maximum atomic E-state index is 13.0. The van der Waals surface area contributed by atoms with Crippen LogP contribution in [0.2, 0.25) is 0 Å². The van der Waals surface area contributed by atoms with Crippen LogP contribution in [-0.4, -0.2) is 64.0 Å². The largest absolute Gasteiger partial charge is 0.466 e. The molecule has 3 fully saturated rings. The second-order valence-corrected chi connectivity index (χ2v) is 8.29. The molecular weight excluding hydrogens is 372 g/mol. The summed E-state index contributed by atoms with van der Waals surface area (Å²) in [5.41, 5.74) is 0.104. The molecule has 3 aliphatic rings. The third-order valence-corrected chi connectivity index (χ3v) is 6.54. The molecule has 1 aromatic carbocycles. The Morgan fingerprint density at radius 3 is 2.41 bits per heavy atom. The summed E-state index contributed by atoms with van der Waals surface area (Å²) in [6.45, 7) is 3.19. The SMILES string of the molecule is CCOC(=O)[C@@H]1[C@@H](O)C(=O)N(Cc2ccccc2)C12CCN(C(=O)C1CC1)CC2. The maximum absolute atomic E-state index is 13.0. The molecule has 1 N–H and O–H groups in total. The van der Waals surface area contributed by atoms with Gasteiger partial charge in [0.1, 0.15) is 12.0 Å². The fourth-order valence-electron chi connectivity index (χ4n) is 4.85. The Hall–Kier alpha value is -2.41. The van der Waals surface area contributed by atoms with Gasteiger partial charge in [-0.2, -0.15) is 0 Å². The molecule has 156 valence electrons. The predicted octanol–water partition coefficient (Wildman–Crippen LogP) is 1.34. The van der Waals surface area contributed by atoms with E-state index in [0.717, 1.165) is 18.4 Å². The highest BCUT2D eigenvalue weighted by Gasteiger charge is 2.62. The van der Waals surface area contributed by atoms with E-state index in [1.54, 1.807) is 11.8 Å². The lowest BCUT2D eigenvalue weighted by molar-refractivity contribution is -0.156. The lowest BCUT2D eigenvalue weighted by Gasteiger charge is -2.47. The molecule has 1 aromatic rings. The lowest BCUT2D eigenvalue weighted by atomic mass is 9.75. The second kappa shape index (κ2) is 7.78. The molecule has 7 nitrogen and oxygen atoms in total. The zero-order chi connectivity index (χ0) is 20.6. The van der Waals surface area contributed by atoms with E-state index in [-0.39, 0.29) is 18.4 Å². The maximum Gasteiger partial charge on any atom is 0.314 e. The van der Waals surface area contributed by atoms with E-state index in [4.69, 9.17) is 4.74 Å². The number of aliphatic hydroxyl groups excluding tert-OH is 1. The number of hydrogen-bond acceptors (Lipinski definition) is 5. The first-order valence-electron chi connectivity index (χ1n) is 10.5.